The van der Waals surface area contributed by atoms with Crippen molar-refractivity contribution in [1.29, 1.82) is 0 Å². The lowest BCUT2D eigenvalue weighted by Gasteiger charge is -2.30. The number of hydrogen-bond donors (Lipinski definition) is 1. The molecule has 1 N–H and O–H groups in total. The molecule has 2 atom stereocenters. The number of halogens is 2. The minimum atomic E-state index is -0.954. The van der Waals surface area contributed by atoms with Gasteiger partial charge in [0, 0.05) is 30.6 Å². The second-order valence-corrected chi connectivity index (χ2v) is 11.6. The number of carboxylic acids is 1. The number of benzene rings is 3. The van der Waals surface area contributed by atoms with Crippen molar-refractivity contribution in [3.63, 3.8) is 0 Å². The molecule has 1 saturated heterocycles. The largest absolute Gasteiger partial charge is 0.478 e. The van der Waals surface area contributed by atoms with Gasteiger partial charge in [-0.15, -0.1) is 0 Å². The average Bonchev–Trinajstić information content (AvgIpc) is 3.49. The Kier molecular flexibility index (Phi) is 6.96. The van der Waals surface area contributed by atoms with Gasteiger partial charge >= 0.3 is 5.97 Å². The highest BCUT2D eigenvalue weighted by molar-refractivity contribution is 6.30. The van der Waals surface area contributed by atoms with Gasteiger partial charge in [0.2, 0.25) is 0 Å². The Labute approximate surface area is 247 Å². The number of fused-ring (bicyclic) bond motifs is 4. The lowest BCUT2D eigenvalue weighted by atomic mass is 9.88. The summed E-state index contributed by atoms with van der Waals surface area (Å²) in [6.45, 7) is 6.30. The maximum Gasteiger partial charge on any atom is 0.335 e. The summed E-state index contributed by atoms with van der Waals surface area (Å²) in [6.07, 6.45) is 1.82. The van der Waals surface area contributed by atoms with Crippen LogP contribution in [0.2, 0.25) is 5.02 Å². The van der Waals surface area contributed by atoms with Crippen molar-refractivity contribution < 1.29 is 19.0 Å². The van der Waals surface area contributed by atoms with E-state index in [0.717, 1.165) is 71.8 Å². The van der Waals surface area contributed by atoms with Crippen molar-refractivity contribution in [2.45, 2.75) is 58.0 Å². The Hall–Kier alpha value is -3.79. The van der Waals surface area contributed by atoms with E-state index in [0.29, 0.717) is 30.2 Å². The second kappa shape index (κ2) is 10.8. The number of carbonyl (C=O) groups is 1. The van der Waals surface area contributed by atoms with Crippen LogP contribution in [-0.4, -0.2) is 54.3 Å². The number of hydrogen-bond acceptors (Lipinski definition) is 5. The summed E-state index contributed by atoms with van der Waals surface area (Å²) >= 11 is 6.04. The monoisotopic (exact) mass is 587 g/mol. The fourth-order valence-electron chi connectivity index (χ4n) is 6.38. The zero-order chi connectivity index (χ0) is 29.0. The summed E-state index contributed by atoms with van der Waals surface area (Å²) in [6, 6.07) is 16.2. The molecule has 0 bridgehead atoms. The van der Waals surface area contributed by atoms with Gasteiger partial charge in [0.1, 0.15) is 17.5 Å². The van der Waals surface area contributed by atoms with E-state index in [1.54, 1.807) is 30.3 Å². The summed E-state index contributed by atoms with van der Waals surface area (Å²) in [7, 11) is 0. The first kappa shape index (κ1) is 27.1. The van der Waals surface area contributed by atoms with Gasteiger partial charge in [-0.2, -0.15) is 0 Å². The topological polar surface area (TPSA) is 85.4 Å². The predicted octanol–water partition coefficient (Wildman–Crippen LogP) is 6.22. The molecular formula is C32H31ClFN5O3. The maximum absolute atomic E-state index is 15.0. The molecule has 216 valence electrons. The van der Waals surface area contributed by atoms with Crippen molar-refractivity contribution >= 4 is 39.6 Å². The standard InChI is InChI=1S/C32H31ClFN5O3/c1-2-22(23-8-7-20(33)15-25(23)34)24-4-3-5-27-31(24)36-30-18-37(11-12-38(27)30)17-29-35-26-9-6-19(32(40)41)14-28(26)39(29)16-21-10-13-42-21/h3-9,14-15,21-22H,2,10-13,16-18H2,1H3,(H,40,41)/t21-,22-/m0/s1. The molecule has 8 nitrogen and oxygen atoms in total. The first-order valence-electron chi connectivity index (χ1n) is 14.4. The molecule has 3 aromatic carbocycles. The van der Waals surface area contributed by atoms with E-state index < -0.39 is 5.97 Å². The van der Waals surface area contributed by atoms with Crippen LogP contribution in [0.1, 0.15) is 58.8 Å². The van der Waals surface area contributed by atoms with E-state index in [4.69, 9.17) is 26.3 Å². The minimum Gasteiger partial charge on any atom is -0.478 e. The predicted molar refractivity (Wildman–Crippen MR) is 158 cm³/mol. The van der Waals surface area contributed by atoms with Gasteiger partial charge in [0.05, 0.1) is 53.4 Å². The maximum atomic E-state index is 15.0. The van der Waals surface area contributed by atoms with Crippen LogP contribution in [0.5, 0.6) is 0 Å². The number of para-hydroxylation sites is 1. The zero-order valence-electron chi connectivity index (χ0n) is 23.3. The normalized spacial score (nSPS) is 17.8. The summed E-state index contributed by atoms with van der Waals surface area (Å²) in [5, 5.41) is 9.95. The lowest BCUT2D eigenvalue weighted by molar-refractivity contribution is -0.0592. The Morgan fingerprint density at radius 2 is 1.98 bits per heavy atom. The second-order valence-electron chi connectivity index (χ2n) is 11.2. The molecule has 0 unspecified atom stereocenters. The van der Waals surface area contributed by atoms with Gasteiger partial charge in [-0.1, -0.05) is 36.7 Å². The molecule has 1 fully saturated rings. The third kappa shape index (κ3) is 4.75. The molecule has 2 aliphatic heterocycles. The fraction of sp³-hybridized carbons (Fsp3) is 0.344. The lowest BCUT2D eigenvalue weighted by Crippen LogP contribution is -2.35. The zero-order valence-corrected chi connectivity index (χ0v) is 24.0. The van der Waals surface area contributed by atoms with E-state index in [1.165, 1.54) is 6.07 Å². The summed E-state index contributed by atoms with van der Waals surface area (Å²) in [5.41, 5.74) is 5.45. The van der Waals surface area contributed by atoms with Crippen molar-refractivity contribution in [1.82, 2.24) is 24.0 Å². The third-order valence-electron chi connectivity index (χ3n) is 8.63. The quantitative estimate of drug-likeness (QED) is 0.232. The van der Waals surface area contributed by atoms with Crippen LogP contribution in [0.15, 0.2) is 54.6 Å². The Morgan fingerprint density at radius 3 is 2.71 bits per heavy atom. The van der Waals surface area contributed by atoms with E-state index in [-0.39, 0.29) is 23.4 Å². The van der Waals surface area contributed by atoms with Gasteiger partial charge in [0.25, 0.3) is 0 Å². The highest BCUT2D eigenvalue weighted by Crippen LogP contribution is 2.36. The minimum absolute atomic E-state index is 0.107. The van der Waals surface area contributed by atoms with Crippen LogP contribution in [0, 0.1) is 5.82 Å². The van der Waals surface area contributed by atoms with E-state index in [1.807, 2.05) is 6.07 Å². The molecule has 2 aliphatic rings. The molecule has 42 heavy (non-hydrogen) atoms. The number of aromatic carboxylic acids is 1. The van der Waals surface area contributed by atoms with Crippen LogP contribution < -0.4 is 0 Å². The number of imidazole rings is 2. The fourth-order valence-corrected chi connectivity index (χ4v) is 6.54. The van der Waals surface area contributed by atoms with E-state index in [9.17, 15) is 14.3 Å². The molecule has 5 aromatic rings. The smallest absolute Gasteiger partial charge is 0.335 e. The number of aromatic nitrogens is 4. The van der Waals surface area contributed by atoms with Crippen molar-refractivity contribution in [3.8, 4) is 0 Å². The Bertz CT molecular complexity index is 1830. The van der Waals surface area contributed by atoms with Crippen LogP contribution in [-0.2, 0) is 30.9 Å². The number of nitrogens with zero attached hydrogens (tertiary/aromatic N) is 5. The van der Waals surface area contributed by atoms with Gasteiger partial charge in [-0.25, -0.2) is 19.2 Å². The molecule has 0 amide bonds. The molecule has 2 aromatic heterocycles. The highest BCUT2D eigenvalue weighted by Gasteiger charge is 2.27. The van der Waals surface area contributed by atoms with Gasteiger partial charge in [0.15, 0.2) is 0 Å². The van der Waals surface area contributed by atoms with Gasteiger partial charge < -0.3 is 19.0 Å². The summed E-state index contributed by atoms with van der Waals surface area (Å²) < 4.78 is 25.1. The molecule has 4 heterocycles. The van der Waals surface area contributed by atoms with Crippen molar-refractivity contribution in [2.24, 2.45) is 0 Å². The average molecular weight is 588 g/mol. The molecular weight excluding hydrogens is 557 g/mol. The van der Waals surface area contributed by atoms with Gasteiger partial charge in [-0.3, -0.25) is 4.90 Å². The SMILES string of the molecule is CC[C@@H](c1ccc(Cl)cc1F)c1cccc2c1nc1n2CCN(Cc2nc3ccc(C(=O)O)cc3n2C[C@@H]2CCO2)C1. The molecule has 0 radical (unpaired) electrons. The molecule has 0 spiro atoms. The molecule has 10 heteroatoms. The third-order valence-corrected chi connectivity index (χ3v) is 8.87. The summed E-state index contributed by atoms with van der Waals surface area (Å²) in [5.74, 6) is 0.464. The van der Waals surface area contributed by atoms with Gasteiger partial charge in [-0.05, 0) is 60.4 Å². The Morgan fingerprint density at radius 1 is 1.12 bits per heavy atom. The van der Waals surface area contributed by atoms with Crippen molar-refractivity contribution in [3.05, 3.63) is 93.8 Å². The van der Waals surface area contributed by atoms with Crippen LogP contribution in [0.3, 0.4) is 0 Å². The first-order chi connectivity index (χ1) is 20.4. The number of ether oxygens (including phenoxy) is 1. The molecule has 0 saturated carbocycles. The Balaban J connectivity index is 1.20. The van der Waals surface area contributed by atoms with Crippen LogP contribution in [0.4, 0.5) is 4.39 Å². The number of rotatable bonds is 8. The first-order valence-corrected chi connectivity index (χ1v) is 14.8. The van der Waals surface area contributed by atoms with Crippen LogP contribution >= 0.6 is 11.6 Å². The molecule has 7 rings (SSSR count). The summed E-state index contributed by atoms with van der Waals surface area (Å²) in [4.78, 5) is 24.0. The highest BCUT2D eigenvalue weighted by atomic mass is 35.5. The number of carboxylic acid groups (broad SMARTS) is 1. The van der Waals surface area contributed by atoms with Crippen molar-refractivity contribution in [2.75, 3.05) is 13.2 Å². The molecule has 0 aliphatic carbocycles. The van der Waals surface area contributed by atoms with E-state index >= 15 is 0 Å². The van der Waals surface area contributed by atoms with E-state index in [2.05, 4.69) is 33.1 Å². The van der Waals surface area contributed by atoms with Crippen LogP contribution in [0.25, 0.3) is 22.1 Å².